The number of benzene rings is 1. The van der Waals surface area contributed by atoms with E-state index in [0.717, 1.165) is 38.5 Å². The van der Waals surface area contributed by atoms with Gasteiger partial charge in [-0.05, 0) is 12.8 Å². The average Bonchev–Trinajstić information content (AvgIpc) is 2.80. The summed E-state index contributed by atoms with van der Waals surface area (Å²) in [5, 5.41) is 9.23. The SMILES string of the molecule is O=C(C1CCCCC1)N1CCC(Oc2ncc(-c3cccc(CO)c3F)cn2)CC1. The third-order valence-electron chi connectivity index (χ3n) is 6.17. The lowest BCUT2D eigenvalue weighted by molar-refractivity contribution is -0.138. The van der Waals surface area contributed by atoms with Crippen molar-refractivity contribution in [2.75, 3.05) is 13.1 Å². The molecule has 6 nitrogen and oxygen atoms in total. The van der Waals surface area contributed by atoms with Gasteiger partial charge in [0, 0.05) is 60.9 Å². The van der Waals surface area contributed by atoms with Gasteiger partial charge in [-0.3, -0.25) is 4.79 Å². The van der Waals surface area contributed by atoms with Crippen molar-refractivity contribution in [2.45, 2.75) is 57.7 Å². The molecule has 4 rings (SSSR count). The van der Waals surface area contributed by atoms with E-state index in [1.54, 1.807) is 18.2 Å². The minimum atomic E-state index is -0.465. The monoisotopic (exact) mass is 413 g/mol. The Hall–Kier alpha value is -2.54. The second kappa shape index (κ2) is 9.51. The Bertz CT molecular complexity index is 860. The molecule has 30 heavy (non-hydrogen) atoms. The molecular weight excluding hydrogens is 385 g/mol. The molecule has 2 fully saturated rings. The molecule has 1 aromatic carbocycles. The van der Waals surface area contributed by atoms with Gasteiger partial charge in [0.15, 0.2) is 0 Å². The predicted octanol–water partition coefficient (Wildman–Crippen LogP) is 3.73. The fraction of sp³-hybridized carbons (Fsp3) is 0.522. The highest BCUT2D eigenvalue weighted by Gasteiger charge is 2.30. The first kappa shape index (κ1) is 20.7. The van der Waals surface area contributed by atoms with Crippen LogP contribution in [0.1, 0.15) is 50.5 Å². The number of hydrogen-bond acceptors (Lipinski definition) is 5. The number of carbonyl (C=O) groups is 1. The van der Waals surface area contributed by atoms with Gasteiger partial charge in [0.25, 0.3) is 0 Å². The number of nitrogens with zero attached hydrogens (tertiary/aromatic N) is 3. The van der Waals surface area contributed by atoms with Gasteiger partial charge in [-0.15, -0.1) is 0 Å². The fourth-order valence-electron chi connectivity index (χ4n) is 4.39. The summed E-state index contributed by atoms with van der Waals surface area (Å²) in [5.41, 5.74) is 1.12. The minimum Gasteiger partial charge on any atom is -0.460 e. The van der Waals surface area contributed by atoms with Crippen LogP contribution >= 0.6 is 0 Å². The van der Waals surface area contributed by atoms with Crippen LogP contribution in [-0.4, -0.2) is 45.1 Å². The van der Waals surface area contributed by atoms with Crippen molar-refractivity contribution in [3.63, 3.8) is 0 Å². The van der Waals surface area contributed by atoms with Crippen molar-refractivity contribution >= 4 is 5.91 Å². The topological polar surface area (TPSA) is 75.6 Å². The normalized spacial score (nSPS) is 18.4. The summed E-state index contributed by atoms with van der Waals surface area (Å²) in [6, 6.07) is 5.13. The number of aliphatic hydroxyl groups is 1. The average molecular weight is 413 g/mol. The summed E-state index contributed by atoms with van der Waals surface area (Å²) in [5.74, 6) is 0.0463. The van der Waals surface area contributed by atoms with E-state index in [4.69, 9.17) is 4.74 Å². The zero-order valence-electron chi connectivity index (χ0n) is 17.1. The summed E-state index contributed by atoms with van der Waals surface area (Å²) in [7, 11) is 0. The van der Waals surface area contributed by atoms with E-state index in [1.807, 2.05) is 4.90 Å². The molecule has 2 aliphatic rings. The van der Waals surface area contributed by atoms with E-state index in [9.17, 15) is 14.3 Å². The van der Waals surface area contributed by atoms with Crippen LogP contribution in [0.3, 0.4) is 0 Å². The van der Waals surface area contributed by atoms with Crippen LogP contribution in [-0.2, 0) is 11.4 Å². The molecule has 0 atom stereocenters. The Labute approximate surface area is 176 Å². The summed E-state index contributed by atoms with van der Waals surface area (Å²) < 4.78 is 20.3. The molecule has 1 saturated heterocycles. The van der Waals surface area contributed by atoms with Crippen LogP contribution in [0.5, 0.6) is 6.01 Å². The smallest absolute Gasteiger partial charge is 0.316 e. The molecule has 1 saturated carbocycles. The molecular formula is C23H28FN3O3. The Morgan fingerprint density at radius 2 is 1.80 bits per heavy atom. The summed E-state index contributed by atoms with van der Waals surface area (Å²) in [6.45, 7) is 1.05. The first-order chi connectivity index (χ1) is 14.7. The number of rotatable bonds is 5. The summed E-state index contributed by atoms with van der Waals surface area (Å²) in [6.07, 6.45) is 10.2. The predicted molar refractivity (Wildman–Crippen MR) is 110 cm³/mol. The van der Waals surface area contributed by atoms with Crippen molar-refractivity contribution < 1.29 is 19.0 Å². The Balaban J connectivity index is 1.32. The summed E-state index contributed by atoms with van der Waals surface area (Å²) >= 11 is 0. The number of hydrogen-bond donors (Lipinski definition) is 1. The van der Waals surface area contributed by atoms with Gasteiger partial charge in [-0.25, -0.2) is 14.4 Å². The highest BCUT2D eigenvalue weighted by Crippen LogP contribution is 2.28. The first-order valence-electron chi connectivity index (χ1n) is 10.8. The third-order valence-corrected chi connectivity index (χ3v) is 6.17. The van der Waals surface area contributed by atoms with Gasteiger partial charge in [0.2, 0.25) is 5.91 Å². The molecule has 1 amide bonds. The second-order valence-corrected chi connectivity index (χ2v) is 8.17. The van der Waals surface area contributed by atoms with Crippen molar-refractivity contribution in [1.82, 2.24) is 14.9 Å². The second-order valence-electron chi connectivity index (χ2n) is 8.17. The quantitative estimate of drug-likeness (QED) is 0.809. The first-order valence-corrected chi connectivity index (χ1v) is 10.8. The fourth-order valence-corrected chi connectivity index (χ4v) is 4.39. The zero-order valence-corrected chi connectivity index (χ0v) is 17.1. The molecule has 0 spiro atoms. The maximum atomic E-state index is 14.4. The molecule has 7 heteroatoms. The van der Waals surface area contributed by atoms with Crippen LogP contribution in [0.4, 0.5) is 4.39 Å². The molecule has 1 N–H and O–H groups in total. The van der Waals surface area contributed by atoms with Crippen LogP contribution in [0, 0.1) is 11.7 Å². The van der Waals surface area contributed by atoms with Crippen molar-refractivity contribution in [1.29, 1.82) is 0 Å². The lowest BCUT2D eigenvalue weighted by atomic mass is 9.88. The van der Waals surface area contributed by atoms with E-state index in [0.29, 0.717) is 30.1 Å². The minimum absolute atomic E-state index is 0.0271. The van der Waals surface area contributed by atoms with Gasteiger partial charge in [0.05, 0.1) is 6.61 Å². The number of aromatic nitrogens is 2. The molecule has 0 bridgehead atoms. The zero-order chi connectivity index (χ0) is 20.9. The van der Waals surface area contributed by atoms with E-state index >= 15 is 0 Å². The van der Waals surface area contributed by atoms with Gasteiger partial charge in [-0.2, -0.15) is 0 Å². The van der Waals surface area contributed by atoms with Crippen molar-refractivity contribution in [2.24, 2.45) is 5.92 Å². The van der Waals surface area contributed by atoms with Crippen LogP contribution in [0.2, 0.25) is 0 Å². The van der Waals surface area contributed by atoms with Gasteiger partial charge in [0.1, 0.15) is 11.9 Å². The highest BCUT2D eigenvalue weighted by atomic mass is 19.1. The molecule has 2 heterocycles. The van der Waals surface area contributed by atoms with E-state index in [1.165, 1.54) is 18.8 Å². The number of halogens is 1. The number of likely N-dealkylation sites (tertiary alicyclic amines) is 1. The van der Waals surface area contributed by atoms with Crippen molar-refractivity contribution in [3.05, 3.63) is 42.0 Å². The van der Waals surface area contributed by atoms with E-state index < -0.39 is 5.82 Å². The van der Waals surface area contributed by atoms with Gasteiger partial charge in [-0.1, -0.05) is 37.5 Å². The van der Waals surface area contributed by atoms with Crippen molar-refractivity contribution in [3.8, 4) is 17.1 Å². The molecule has 1 aliphatic heterocycles. The number of aliphatic hydroxyl groups excluding tert-OH is 1. The van der Waals surface area contributed by atoms with Gasteiger partial charge >= 0.3 is 6.01 Å². The molecule has 1 aromatic heterocycles. The molecule has 2 aromatic rings. The highest BCUT2D eigenvalue weighted by molar-refractivity contribution is 5.79. The Morgan fingerprint density at radius 3 is 2.47 bits per heavy atom. The standard InChI is InChI=1S/C23H28FN3O3/c24-21-17(15-28)7-4-8-20(21)18-13-25-23(26-14-18)30-19-9-11-27(12-10-19)22(29)16-5-2-1-3-6-16/h4,7-8,13-14,16,19,28H,1-3,5-6,9-12,15H2. The molecule has 0 radical (unpaired) electrons. The molecule has 1 aliphatic carbocycles. The summed E-state index contributed by atoms with van der Waals surface area (Å²) in [4.78, 5) is 23.1. The van der Waals surface area contributed by atoms with E-state index in [-0.39, 0.29) is 30.2 Å². The lowest BCUT2D eigenvalue weighted by Gasteiger charge is -2.34. The Morgan fingerprint density at radius 1 is 1.10 bits per heavy atom. The largest absolute Gasteiger partial charge is 0.460 e. The number of piperidine rings is 1. The number of ether oxygens (including phenoxy) is 1. The van der Waals surface area contributed by atoms with Gasteiger partial charge < -0.3 is 14.7 Å². The number of carbonyl (C=O) groups excluding carboxylic acids is 1. The van der Waals surface area contributed by atoms with E-state index in [2.05, 4.69) is 9.97 Å². The maximum absolute atomic E-state index is 14.4. The Kier molecular flexibility index (Phi) is 6.57. The van der Waals surface area contributed by atoms with Crippen LogP contribution in [0.15, 0.2) is 30.6 Å². The number of amides is 1. The van der Waals surface area contributed by atoms with Crippen LogP contribution < -0.4 is 4.74 Å². The van der Waals surface area contributed by atoms with Crippen LogP contribution in [0.25, 0.3) is 11.1 Å². The maximum Gasteiger partial charge on any atom is 0.316 e. The third kappa shape index (κ3) is 4.61. The molecule has 160 valence electrons. The lowest BCUT2D eigenvalue weighted by Crippen LogP contribution is -2.44. The molecule has 0 unspecified atom stereocenters.